The summed E-state index contributed by atoms with van der Waals surface area (Å²) in [5.74, 6) is -0.359. The van der Waals surface area contributed by atoms with E-state index < -0.39 is 4.65 Å². The van der Waals surface area contributed by atoms with Crippen LogP contribution in [0.1, 0.15) is 11.1 Å². The van der Waals surface area contributed by atoms with Gasteiger partial charge in [0.25, 0.3) is 0 Å². The largest absolute Gasteiger partial charge is 0.628 e. The van der Waals surface area contributed by atoms with E-state index in [0.29, 0.717) is 16.3 Å². The zero-order valence-electron chi connectivity index (χ0n) is 11.3. The molecule has 20 heavy (non-hydrogen) atoms. The van der Waals surface area contributed by atoms with E-state index >= 15 is 0 Å². The van der Waals surface area contributed by atoms with Crippen molar-refractivity contribution in [3.05, 3.63) is 69.6 Å². The van der Waals surface area contributed by atoms with E-state index in [1.165, 1.54) is 6.07 Å². The fourth-order valence-electron chi connectivity index (χ4n) is 1.79. The fraction of sp³-hybridized carbons (Fsp3) is 0.125. The molecule has 0 atom stereocenters. The van der Waals surface area contributed by atoms with Crippen LogP contribution in [0.15, 0.2) is 42.5 Å². The lowest BCUT2D eigenvalue weighted by atomic mass is 10.1. The maximum Gasteiger partial charge on any atom is 0.132 e. The second kappa shape index (κ2) is 5.75. The third kappa shape index (κ3) is 3.45. The topological polar surface area (TPSA) is 23.1 Å². The molecule has 2 aromatic carbocycles. The molecule has 2 aromatic rings. The molecule has 0 aliphatic rings. The lowest BCUT2D eigenvalue weighted by molar-refractivity contribution is 0.543. The maximum absolute atomic E-state index is 13.6. The van der Waals surface area contributed by atoms with Gasteiger partial charge in [-0.15, -0.1) is 0 Å². The van der Waals surface area contributed by atoms with Crippen LogP contribution in [0.2, 0.25) is 5.02 Å². The van der Waals surface area contributed by atoms with Gasteiger partial charge in [0, 0.05) is 5.56 Å². The van der Waals surface area contributed by atoms with Crippen molar-refractivity contribution in [1.29, 1.82) is 0 Å². The number of hydrogen-bond donors (Lipinski definition) is 0. The van der Waals surface area contributed by atoms with Crippen molar-refractivity contribution in [2.75, 3.05) is 14.1 Å². The molecule has 0 spiro atoms. The Morgan fingerprint density at radius 1 is 1.05 bits per heavy atom. The SMILES string of the molecule is C[N+](C)([O-])c1ccc(C=Cc2c(F)cccc2Cl)cc1. The highest BCUT2D eigenvalue weighted by Gasteiger charge is 2.06. The number of hydrogen-bond acceptors (Lipinski definition) is 1. The minimum Gasteiger partial charge on any atom is -0.628 e. The van der Waals surface area contributed by atoms with Gasteiger partial charge >= 0.3 is 0 Å². The summed E-state index contributed by atoms with van der Waals surface area (Å²) in [6.07, 6.45) is 3.39. The number of halogens is 2. The zero-order valence-corrected chi connectivity index (χ0v) is 12.1. The molecule has 0 heterocycles. The van der Waals surface area contributed by atoms with Crippen molar-refractivity contribution in [1.82, 2.24) is 4.65 Å². The summed E-state index contributed by atoms with van der Waals surface area (Å²) >= 11 is 5.95. The van der Waals surface area contributed by atoms with Crippen LogP contribution in [0.5, 0.6) is 0 Å². The highest BCUT2D eigenvalue weighted by molar-refractivity contribution is 6.32. The van der Waals surface area contributed by atoms with Gasteiger partial charge in [0.15, 0.2) is 0 Å². The Bertz CT molecular complexity index is 610. The van der Waals surface area contributed by atoms with Crippen LogP contribution in [0.25, 0.3) is 12.2 Å². The van der Waals surface area contributed by atoms with Crippen LogP contribution in [0.4, 0.5) is 10.1 Å². The number of quaternary nitrogens is 1. The summed E-state index contributed by atoms with van der Waals surface area (Å²) in [5.41, 5.74) is 1.89. The summed E-state index contributed by atoms with van der Waals surface area (Å²) in [6, 6.07) is 11.7. The highest BCUT2D eigenvalue weighted by Crippen LogP contribution is 2.23. The molecule has 0 aromatic heterocycles. The maximum atomic E-state index is 13.6. The summed E-state index contributed by atoms with van der Waals surface area (Å²) < 4.78 is 13.1. The van der Waals surface area contributed by atoms with Gasteiger partial charge in [-0.1, -0.05) is 23.7 Å². The predicted molar refractivity (Wildman–Crippen MR) is 83.8 cm³/mol. The summed E-state index contributed by atoms with van der Waals surface area (Å²) in [6.45, 7) is 0. The third-order valence-corrected chi connectivity index (χ3v) is 3.29. The van der Waals surface area contributed by atoms with Gasteiger partial charge in [-0.25, -0.2) is 4.39 Å². The molecule has 2 rings (SSSR count). The van der Waals surface area contributed by atoms with Crippen molar-refractivity contribution in [2.24, 2.45) is 0 Å². The minimum absolute atomic E-state index is 0.359. The lowest BCUT2D eigenvalue weighted by Gasteiger charge is -2.33. The average Bonchev–Trinajstić information content (AvgIpc) is 2.37. The Kier molecular flexibility index (Phi) is 4.23. The number of benzene rings is 2. The van der Waals surface area contributed by atoms with Gasteiger partial charge in [-0.05, 0) is 48.0 Å². The van der Waals surface area contributed by atoms with E-state index in [-0.39, 0.29) is 5.82 Å². The molecule has 0 fully saturated rings. The van der Waals surface area contributed by atoms with Crippen LogP contribution in [0.3, 0.4) is 0 Å². The number of nitrogens with zero attached hydrogens (tertiary/aromatic N) is 1. The van der Waals surface area contributed by atoms with Gasteiger partial charge in [-0.3, -0.25) is 0 Å². The van der Waals surface area contributed by atoms with E-state index in [1.54, 1.807) is 50.5 Å². The molecule has 4 heteroatoms. The van der Waals surface area contributed by atoms with E-state index in [9.17, 15) is 9.60 Å². The summed E-state index contributed by atoms with van der Waals surface area (Å²) in [4.78, 5) is 0. The Labute approximate surface area is 122 Å². The van der Waals surface area contributed by atoms with Crippen molar-refractivity contribution >= 4 is 29.4 Å². The summed E-state index contributed by atoms with van der Waals surface area (Å²) in [7, 11) is 3.12. The highest BCUT2D eigenvalue weighted by atomic mass is 35.5. The fourth-order valence-corrected chi connectivity index (χ4v) is 2.02. The van der Waals surface area contributed by atoms with Gasteiger partial charge in [-0.2, -0.15) is 0 Å². The molecule has 0 aliphatic heterocycles. The first-order chi connectivity index (χ1) is 9.38. The van der Waals surface area contributed by atoms with Crippen LogP contribution in [0, 0.1) is 11.0 Å². The van der Waals surface area contributed by atoms with Crippen LogP contribution in [-0.2, 0) is 0 Å². The van der Waals surface area contributed by atoms with Crippen LogP contribution in [-0.4, -0.2) is 14.1 Å². The van der Waals surface area contributed by atoms with E-state index in [2.05, 4.69) is 0 Å². The van der Waals surface area contributed by atoms with Crippen LogP contribution < -0.4 is 4.65 Å². The third-order valence-electron chi connectivity index (χ3n) is 2.96. The van der Waals surface area contributed by atoms with Gasteiger partial charge in [0.2, 0.25) is 0 Å². The van der Waals surface area contributed by atoms with Gasteiger partial charge in [0.05, 0.1) is 19.1 Å². The molecule has 2 nitrogen and oxygen atoms in total. The standard InChI is InChI=1S/C16H15ClFNO/c1-19(2,20)13-9-6-12(7-10-13)8-11-14-15(17)4-3-5-16(14)18/h3-11H,1-2H3. The zero-order chi connectivity index (χ0) is 14.8. The Hall–Kier alpha value is -1.68. The van der Waals surface area contributed by atoms with Crippen LogP contribution >= 0.6 is 11.6 Å². The van der Waals surface area contributed by atoms with Crippen molar-refractivity contribution in [2.45, 2.75) is 0 Å². The Morgan fingerprint density at radius 2 is 1.70 bits per heavy atom. The van der Waals surface area contributed by atoms with Gasteiger partial charge in [0.1, 0.15) is 11.5 Å². The molecule has 0 unspecified atom stereocenters. The second-order valence-corrected chi connectivity index (χ2v) is 5.32. The van der Waals surface area contributed by atoms with Crippen molar-refractivity contribution in [3.63, 3.8) is 0 Å². The Morgan fingerprint density at radius 3 is 2.25 bits per heavy atom. The molecule has 0 saturated carbocycles. The summed E-state index contributed by atoms with van der Waals surface area (Å²) in [5, 5.41) is 12.1. The molecule has 104 valence electrons. The van der Waals surface area contributed by atoms with E-state index in [0.717, 1.165) is 5.56 Å². The molecule has 0 saturated heterocycles. The molecule has 0 aliphatic carbocycles. The Balaban J connectivity index is 2.24. The van der Waals surface area contributed by atoms with Crippen molar-refractivity contribution in [3.8, 4) is 0 Å². The first kappa shape index (κ1) is 14.7. The predicted octanol–water partition coefficient (Wildman–Crippen LogP) is 4.71. The average molecular weight is 292 g/mol. The lowest BCUT2D eigenvalue weighted by Crippen LogP contribution is -2.32. The number of rotatable bonds is 3. The quantitative estimate of drug-likeness (QED) is 0.456. The van der Waals surface area contributed by atoms with E-state index in [1.807, 2.05) is 12.1 Å². The first-order valence-electron chi connectivity index (χ1n) is 6.15. The second-order valence-electron chi connectivity index (χ2n) is 4.91. The first-order valence-corrected chi connectivity index (χ1v) is 6.53. The normalized spacial score (nSPS) is 12.1. The smallest absolute Gasteiger partial charge is 0.132 e. The number of hydroxylamine groups is 2. The molecular weight excluding hydrogens is 277 g/mol. The molecule has 0 N–H and O–H groups in total. The molecule has 0 bridgehead atoms. The van der Waals surface area contributed by atoms with E-state index in [4.69, 9.17) is 11.6 Å². The molecule has 0 amide bonds. The van der Waals surface area contributed by atoms with Gasteiger partial charge < -0.3 is 9.85 Å². The monoisotopic (exact) mass is 291 g/mol. The molecular formula is C16H15ClFNO. The minimum atomic E-state index is -0.483. The molecule has 0 radical (unpaired) electrons. The van der Waals surface area contributed by atoms with Crippen molar-refractivity contribution < 1.29 is 4.39 Å².